The maximum absolute atomic E-state index is 15.2. The van der Waals surface area contributed by atoms with Crippen molar-refractivity contribution in [3.8, 4) is 17.2 Å². The molecule has 0 aliphatic carbocycles. The zero-order valence-corrected chi connectivity index (χ0v) is 29.5. The Bertz CT molecular complexity index is 1910. The fourth-order valence-electron chi connectivity index (χ4n) is 6.49. The molecule has 51 heavy (non-hydrogen) atoms. The Hall–Kier alpha value is -4.93. The van der Waals surface area contributed by atoms with Gasteiger partial charge in [0.1, 0.15) is 11.4 Å². The first kappa shape index (κ1) is 35.9. The van der Waals surface area contributed by atoms with Crippen molar-refractivity contribution in [2.75, 3.05) is 49.6 Å². The van der Waals surface area contributed by atoms with Crippen molar-refractivity contribution in [2.24, 2.45) is 0 Å². The number of alkyl halides is 3. The minimum atomic E-state index is -4.80. The first-order valence-electron chi connectivity index (χ1n) is 17.1. The Kier molecular flexibility index (Phi) is 9.85. The highest BCUT2D eigenvalue weighted by molar-refractivity contribution is 5.91. The number of nitrogens with one attached hydrogen (secondary N) is 2. The van der Waals surface area contributed by atoms with Crippen LogP contribution in [0, 0.1) is 6.92 Å². The van der Waals surface area contributed by atoms with Crippen LogP contribution in [0.5, 0.6) is 0 Å². The average molecular weight is 713 g/mol. The van der Waals surface area contributed by atoms with Crippen LogP contribution >= 0.6 is 0 Å². The summed E-state index contributed by atoms with van der Waals surface area (Å²) in [6.07, 6.45) is -4.79. The Morgan fingerprint density at radius 2 is 1.78 bits per heavy atom. The number of piperidine rings is 1. The molecule has 3 amide bonds. The molecule has 2 aliphatic rings. The normalized spacial score (nSPS) is 17.5. The van der Waals surface area contributed by atoms with Crippen LogP contribution in [0.1, 0.15) is 64.9 Å². The van der Waals surface area contributed by atoms with Gasteiger partial charge in [-0.1, -0.05) is 12.1 Å². The number of hydrogen-bond acceptors (Lipinski definition) is 9. The largest absolute Gasteiger partial charge is 0.444 e. The minimum absolute atomic E-state index is 0.0118. The summed E-state index contributed by atoms with van der Waals surface area (Å²) in [6.45, 7) is 12.6. The summed E-state index contributed by atoms with van der Waals surface area (Å²) < 4.78 is 59.4. The van der Waals surface area contributed by atoms with E-state index < -0.39 is 35.6 Å². The highest BCUT2D eigenvalue weighted by Crippen LogP contribution is 2.42. The van der Waals surface area contributed by atoms with Gasteiger partial charge in [0.05, 0.1) is 53.3 Å². The lowest BCUT2D eigenvalue weighted by Crippen LogP contribution is -2.44. The number of amides is 3. The van der Waals surface area contributed by atoms with E-state index in [0.29, 0.717) is 43.2 Å². The van der Waals surface area contributed by atoms with E-state index in [1.54, 1.807) is 58.0 Å². The number of urea groups is 1. The number of aromatic nitrogens is 6. The second kappa shape index (κ2) is 14.0. The lowest BCUT2D eigenvalue weighted by Gasteiger charge is -2.34. The minimum Gasteiger partial charge on any atom is -0.444 e. The fourth-order valence-corrected chi connectivity index (χ4v) is 6.49. The van der Waals surface area contributed by atoms with Gasteiger partial charge in [0, 0.05) is 32.2 Å². The lowest BCUT2D eigenvalue weighted by atomic mass is 10.0. The molecule has 4 aromatic rings. The summed E-state index contributed by atoms with van der Waals surface area (Å²) in [5, 5.41) is 9.88. The molecule has 0 bridgehead atoms. The van der Waals surface area contributed by atoms with Crippen LogP contribution in [-0.2, 0) is 15.7 Å². The molecule has 3 aromatic heterocycles. The molecule has 14 nitrogen and oxygen atoms in total. The topological polar surface area (TPSA) is 145 Å². The highest BCUT2D eigenvalue weighted by atomic mass is 19.4. The molecule has 274 valence electrons. The van der Waals surface area contributed by atoms with Crippen molar-refractivity contribution in [1.82, 2.24) is 39.5 Å². The molecular weight excluding hydrogens is 669 g/mol. The van der Waals surface area contributed by atoms with Gasteiger partial charge in [-0.3, -0.25) is 10.00 Å². The van der Waals surface area contributed by atoms with Crippen LogP contribution in [0.3, 0.4) is 0 Å². The van der Waals surface area contributed by atoms with Crippen molar-refractivity contribution in [1.29, 1.82) is 0 Å². The maximum atomic E-state index is 15.2. The van der Waals surface area contributed by atoms with Gasteiger partial charge in [-0.2, -0.15) is 23.3 Å². The number of likely N-dealkylation sites (tertiary alicyclic amines) is 1. The summed E-state index contributed by atoms with van der Waals surface area (Å²) >= 11 is 0. The van der Waals surface area contributed by atoms with Crippen LogP contribution in [0.2, 0.25) is 0 Å². The van der Waals surface area contributed by atoms with E-state index in [4.69, 9.17) is 19.4 Å². The molecule has 0 unspecified atom stereocenters. The first-order valence-corrected chi connectivity index (χ1v) is 17.1. The Balaban J connectivity index is 1.48. The van der Waals surface area contributed by atoms with Gasteiger partial charge in [0.2, 0.25) is 11.9 Å². The molecule has 2 saturated heterocycles. The molecule has 5 heterocycles. The number of carbonyl (C=O) groups excluding carboxylic acids is 2. The van der Waals surface area contributed by atoms with Crippen molar-refractivity contribution >= 4 is 34.9 Å². The van der Waals surface area contributed by atoms with Crippen molar-refractivity contribution in [2.45, 2.75) is 78.2 Å². The van der Waals surface area contributed by atoms with Crippen LogP contribution in [-0.4, -0.2) is 97.4 Å². The number of para-hydroxylation sites is 2. The van der Waals surface area contributed by atoms with E-state index in [9.17, 15) is 9.59 Å². The average Bonchev–Trinajstić information content (AvgIpc) is 3.61. The number of nitrogens with zero attached hydrogens (tertiary/aromatic N) is 8. The number of ether oxygens (including phenoxy) is 2. The number of imidazole rings is 1. The number of morpholine rings is 1. The van der Waals surface area contributed by atoms with Gasteiger partial charge in [-0.15, -0.1) is 0 Å². The first-order chi connectivity index (χ1) is 24.1. The Morgan fingerprint density at radius 1 is 1.06 bits per heavy atom. The van der Waals surface area contributed by atoms with E-state index >= 15 is 13.2 Å². The summed E-state index contributed by atoms with van der Waals surface area (Å²) in [4.78, 5) is 43.1. The van der Waals surface area contributed by atoms with E-state index in [0.717, 1.165) is 4.68 Å². The van der Waals surface area contributed by atoms with Crippen LogP contribution in [0.25, 0.3) is 28.2 Å². The maximum Gasteiger partial charge on any atom is 0.433 e. The molecule has 2 N–H and O–H groups in total. The summed E-state index contributed by atoms with van der Waals surface area (Å²) in [5.41, 5.74) is -0.583. The molecule has 17 heteroatoms. The SMILES string of the molecule is CCNC(=O)Nc1nc2ccccc2n1-c1nc(-c2c(C)nn(C3CCN(C(=O)OC(C)(C)C)CC3)c2C(F)(F)F)cc(N2CCOC[C@H]2C)n1. The number of carbonyl (C=O) groups is 2. The van der Waals surface area contributed by atoms with Gasteiger partial charge in [0.15, 0.2) is 5.69 Å². The molecule has 2 fully saturated rings. The summed E-state index contributed by atoms with van der Waals surface area (Å²) in [7, 11) is 0. The van der Waals surface area contributed by atoms with Crippen LogP contribution in [0.15, 0.2) is 30.3 Å². The number of anilines is 2. The second-order valence-corrected chi connectivity index (χ2v) is 13.7. The van der Waals surface area contributed by atoms with Crippen molar-refractivity contribution in [3.05, 3.63) is 41.7 Å². The van der Waals surface area contributed by atoms with Crippen molar-refractivity contribution in [3.63, 3.8) is 0 Å². The molecule has 2 aliphatic heterocycles. The molecule has 0 saturated carbocycles. The van der Waals surface area contributed by atoms with E-state index in [1.807, 2.05) is 11.8 Å². The predicted octanol–water partition coefficient (Wildman–Crippen LogP) is 5.94. The predicted molar refractivity (Wildman–Crippen MR) is 184 cm³/mol. The van der Waals surface area contributed by atoms with E-state index in [2.05, 4.69) is 20.7 Å². The third-order valence-corrected chi connectivity index (χ3v) is 8.76. The van der Waals surface area contributed by atoms with E-state index in [1.165, 1.54) is 16.4 Å². The molecule has 0 radical (unpaired) electrons. The van der Waals surface area contributed by atoms with E-state index in [-0.39, 0.29) is 60.8 Å². The third kappa shape index (κ3) is 7.57. The van der Waals surface area contributed by atoms with Gasteiger partial charge >= 0.3 is 18.3 Å². The standard InChI is InChI=1S/C34H43F3N10O4/c1-7-38-31(48)42-30-39-23-10-8-9-11-25(23)46(30)29-40-24(18-26(41-29)45-16-17-50-19-20(45)2)27-21(3)43-47(28(27)34(35,36)37)22-12-14-44(15-13-22)32(49)51-33(4,5)6/h8-11,18,20,22H,7,12-17,19H2,1-6H3,(H2,38,39,42,48)/t20-/m1/s1. The third-order valence-electron chi connectivity index (χ3n) is 8.76. The smallest absolute Gasteiger partial charge is 0.433 e. The second-order valence-electron chi connectivity index (χ2n) is 13.7. The zero-order chi connectivity index (χ0) is 36.7. The Labute approximate surface area is 293 Å². The number of hydrogen-bond donors (Lipinski definition) is 2. The Morgan fingerprint density at radius 3 is 2.45 bits per heavy atom. The van der Waals surface area contributed by atoms with Gasteiger partial charge in [0.25, 0.3) is 0 Å². The molecule has 1 aromatic carbocycles. The number of rotatable bonds is 6. The number of aryl methyl sites for hydroxylation is 1. The van der Waals surface area contributed by atoms with Gasteiger partial charge < -0.3 is 24.6 Å². The van der Waals surface area contributed by atoms with Crippen molar-refractivity contribution < 1.29 is 32.2 Å². The fraction of sp³-hybridized carbons (Fsp3) is 0.529. The monoisotopic (exact) mass is 712 g/mol. The highest BCUT2D eigenvalue weighted by Gasteiger charge is 2.43. The number of benzene rings is 1. The summed E-state index contributed by atoms with van der Waals surface area (Å²) in [5.74, 6) is 0.506. The number of halogens is 3. The van der Waals surface area contributed by atoms with Crippen LogP contribution < -0.4 is 15.5 Å². The molecular formula is C34H43F3N10O4. The molecule has 1 atom stereocenters. The zero-order valence-electron chi connectivity index (χ0n) is 29.5. The quantitative estimate of drug-likeness (QED) is 0.248. The lowest BCUT2D eigenvalue weighted by molar-refractivity contribution is -0.144. The van der Waals surface area contributed by atoms with Gasteiger partial charge in [-0.05, 0) is 66.5 Å². The number of fused-ring (bicyclic) bond motifs is 1. The van der Waals surface area contributed by atoms with Crippen LogP contribution in [0.4, 0.5) is 34.5 Å². The van der Waals surface area contributed by atoms with Gasteiger partial charge in [-0.25, -0.2) is 24.1 Å². The molecule has 0 spiro atoms. The molecule has 6 rings (SSSR count). The summed E-state index contributed by atoms with van der Waals surface area (Å²) in [6, 6.07) is 7.38.